The fourth-order valence-electron chi connectivity index (χ4n) is 2.06. The predicted molar refractivity (Wildman–Crippen MR) is 85.0 cm³/mol. The number of rotatable bonds is 8. The Morgan fingerprint density at radius 3 is 2.62 bits per heavy atom. The summed E-state index contributed by atoms with van der Waals surface area (Å²) in [6.07, 6.45) is 0.161. The number of hydrogen-bond acceptors (Lipinski definition) is 4. The van der Waals surface area contributed by atoms with Crippen LogP contribution >= 0.6 is 0 Å². The van der Waals surface area contributed by atoms with Crippen LogP contribution in [0.3, 0.4) is 0 Å². The Kier molecular flexibility index (Phi) is 6.11. The van der Waals surface area contributed by atoms with Crippen LogP contribution in [0.5, 0.6) is 11.5 Å². The summed E-state index contributed by atoms with van der Waals surface area (Å²) in [7, 11) is 0. The molecular weight excluding hydrogens is 320 g/mol. The van der Waals surface area contributed by atoms with E-state index < -0.39 is 18.9 Å². The summed E-state index contributed by atoms with van der Waals surface area (Å²) in [5.74, 6) is 0.636. The van der Waals surface area contributed by atoms with Crippen molar-refractivity contribution < 1.29 is 23.0 Å². The lowest BCUT2D eigenvalue weighted by Crippen LogP contribution is -2.12. The van der Waals surface area contributed by atoms with Gasteiger partial charge in [0.25, 0.3) is 12.3 Å². The molecule has 0 spiro atoms. The first-order chi connectivity index (χ1) is 11.5. The van der Waals surface area contributed by atoms with E-state index in [1.807, 2.05) is 13.8 Å². The molecule has 8 heteroatoms. The van der Waals surface area contributed by atoms with Crippen LogP contribution in [0.2, 0.25) is 0 Å². The molecule has 0 saturated carbocycles. The van der Waals surface area contributed by atoms with Gasteiger partial charge in [0, 0.05) is 11.8 Å². The van der Waals surface area contributed by atoms with Gasteiger partial charge in [0.05, 0.1) is 25.1 Å². The van der Waals surface area contributed by atoms with Crippen molar-refractivity contribution in [1.29, 1.82) is 0 Å². The number of carbonyl (C=O) groups is 1. The maximum atomic E-state index is 12.3. The average molecular weight is 339 g/mol. The van der Waals surface area contributed by atoms with E-state index in [2.05, 4.69) is 10.4 Å². The first kappa shape index (κ1) is 17.7. The Morgan fingerprint density at radius 1 is 1.25 bits per heavy atom. The highest BCUT2D eigenvalue weighted by molar-refractivity contribution is 6.04. The molecule has 0 atom stereocenters. The Morgan fingerprint density at radius 2 is 1.96 bits per heavy atom. The van der Waals surface area contributed by atoms with Gasteiger partial charge >= 0.3 is 0 Å². The lowest BCUT2D eigenvalue weighted by atomic mass is 10.2. The number of alkyl halides is 2. The molecule has 0 fully saturated rings. The highest BCUT2D eigenvalue weighted by Gasteiger charge is 2.13. The first-order valence-electron chi connectivity index (χ1n) is 7.55. The van der Waals surface area contributed by atoms with E-state index in [9.17, 15) is 13.6 Å². The van der Waals surface area contributed by atoms with Gasteiger partial charge < -0.3 is 14.8 Å². The number of benzene rings is 1. The van der Waals surface area contributed by atoms with Gasteiger partial charge in [0.2, 0.25) is 0 Å². The SMILES string of the molecule is CCOc1ccc(C(=O)Nc2cnn(CC(F)F)c2)cc1OCC. The molecule has 2 aromatic rings. The van der Waals surface area contributed by atoms with Crippen LogP contribution in [-0.4, -0.2) is 35.3 Å². The largest absolute Gasteiger partial charge is 0.490 e. The molecule has 1 aromatic heterocycles. The van der Waals surface area contributed by atoms with Crippen molar-refractivity contribution in [2.75, 3.05) is 18.5 Å². The molecule has 0 aliphatic heterocycles. The number of carbonyl (C=O) groups excluding carboxylic acids is 1. The van der Waals surface area contributed by atoms with E-state index in [1.165, 1.54) is 12.4 Å². The highest BCUT2D eigenvalue weighted by atomic mass is 19.3. The van der Waals surface area contributed by atoms with Crippen molar-refractivity contribution in [2.45, 2.75) is 26.8 Å². The topological polar surface area (TPSA) is 65.4 Å². The Bertz CT molecular complexity index is 689. The highest BCUT2D eigenvalue weighted by Crippen LogP contribution is 2.28. The molecule has 1 N–H and O–H groups in total. The van der Waals surface area contributed by atoms with Gasteiger partial charge in [-0.05, 0) is 32.0 Å². The van der Waals surface area contributed by atoms with Crippen LogP contribution in [0.1, 0.15) is 24.2 Å². The number of amides is 1. The van der Waals surface area contributed by atoms with Crippen molar-refractivity contribution in [1.82, 2.24) is 9.78 Å². The molecule has 0 aliphatic rings. The zero-order valence-electron chi connectivity index (χ0n) is 13.5. The minimum Gasteiger partial charge on any atom is -0.490 e. The third kappa shape index (κ3) is 4.68. The molecule has 0 saturated heterocycles. The molecule has 0 aliphatic carbocycles. The van der Waals surface area contributed by atoms with Gasteiger partial charge in [-0.15, -0.1) is 0 Å². The van der Waals surface area contributed by atoms with E-state index in [0.29, 0.717) is 36.0 Å². The lowest BCUT2D eigenvalue weighted by molar-refractivity contribution is 0.102. The molecule has 130 valence electrons. The molecule has 24 heavy (non-hydrogen) atoms. The third-order valence-electron chi connectivity index (χ3n) is 3.02. The first-order valence-corrected chi connectivity index (χ1v) is 7.55. The van der Waals surface area contributed by atoms with Crippen molar-refractivity contribution in [3.63, 3.8) is 0 Å². The quantitative estimate of drug-likeness (QED) is 0.802. The average Bonchev–Trinajstić information content (AvgIpc) is 2.95. The number of nitrogens with one attached hydrogen (secondary N) is 1. The summed E-state index contributed by atoms with van der Waals surface area (Å²) in [5.41, 5.74) is 0.705. The normalized spacial score (nSPS) is 10.7. The fourth-order valence-corrected chi connectivity index (χ4v) is 2.06. The second-order valence-electron chi connectivity index (χ2n) is 4.82. The van der Waals surface area contributed by atoms with Crippen LogP contribution < -0.4 is 14.8 Å². The molecule has 0 bridgehead atoms. The molecule has 6 nitrogen and oxygen atoms in total. The fraction of sp³-hybridized carbons (Fsp3) is 0.375. The number of halogens is 2. The van der Waals surface area contributed by atoms with Crippen molar-refractivity contribution in [3.8, 4) is 11.5 Å². The third-order valence-corrected chi connectivity index (χ3v) is 3.02. The standard InChI is InChI=1S/C16H19F2N3O3/c1-3-23-13-6-5-11(7-14(13)24-4-2)16(22)20-12-8-19-21(9-12)10-15(17)18/h5-9,15H,3-4,10H2,1-2H3,(H,20,22). The van der Waals surface area contributed by atoms with E-state index in [-0.39, 0.29) is 0 Å². The number of anilines is 1. The second kappa shape index (κ2) is 8.28. The molecule has 1 aromatic carbocycles. The predicted octanol–water partition coefficient (Wildman–Crippen LogP) is 3.20. The lowest BCUT2D eigenvalue weighted by Gasteiger charge is -2.12. The number of aromatic nitrogens is 2. The van der Waals surface area contributed by atoms with Gasteiger partial charge in [-0.1, -0.05) is 0 Å². The number of hydrogen-bond donors (Lipinski definition) is 1. The molecule has 1 amide bonds. The number of nitrogens with zero attached hydrogens (tertiary/aromatic N) is 2. The summed E-state index contributed by atoms with van der Waals surface area (Å²) in [6, 6.07) is 4.84. The Hall–Kier alpha value is -2.64. The summed E-state index contributed by atoms with van der Waals surface area (Å²) in [5, 5.41) is 6.37. The molecule has 2 rings (SSSR count). The minimum atomic E-state index is -2.51. The molecule has 0 radical (unpaired) electrons. The monoisotopic (exact) mass is 339 g/mol. The van der Waals surface area contributed by atoms with Gasteiger partial charge in [0.1, 0.15) is 6.54 Å². The van der Waals surface area contributed by atoms with Crippen molar-refractivity contribution >= 4 is 11.6 Å². The van der Waals surface area contributed by atoms with Gasteiger partial charge in [0.15, 0.2) is 11.5 Å². The minimum absolute atomic E-state index is 0.340. The molecule has 0 unspecified atom stereocenters. The summed E-state index contributed by atoms with van der Waals surface area (Å²) < 4.78 is 36.6. The van der Waals surface area contributed by atoms with Crippen LogP contribution in [0.25, 0.3) is 0 Å². The van der Waals surface area contributed by atoms with Crippen LogP contribution in [0, 0.1) is 0 Å². The van der Waals surface area contributed by atoms with Crippen LogP contribution in [-0.2, 0) is 6.54 Å². The van der Waals surface area contributed by atoms with Crippen LogP contribution in [0.15, 0.2) is 30.6 Å². The van der Waals surface area contributed by atoms with E-state index in [4.69, 9.17) is 9.47 Å². The van der Waals surface area contributed by atoms with Gasteiger partial charge in [-0.3, -0.25) is 9.48 Å². The Balaban J connectivity index is 2.11. The van der Waals surface area contributed by atoms with Gasteiger partial charge in [-0.2, -0.15) is 5.10 Å². The molecule has 1 heterocycles. The van der Waals surface area contributed by atoms with Crippen molar-refractivity contribution in [3.05, 3.63) is 36.2 Å². The summed E-state index contributed by atoms with van der Waals surface area (Å²) in [6.45, 7) is 4.08. The van der Waals surface area contributed by atoms with Gasteiger partial charge in [-0.25, -0.2) is 8.78 Å². The maximum absolute atomic E-state index is 12.3. The van der Waals surface area contributed by atoms with Crippen molar-refractivity contribution in [2.24, 2.45) is 0 Å². The molecular formula is C16H19F2N3O3. The zero-order chi connectivity index (χ0) is 17.5. The smallest absolute Gasteiger partial charge is 0.257 e. The Labute approximate surface area is 138 Å². The summed E-state index contributed by atoms with van der Waals surface area (Å²) >= 11 is 0. The van der Waals surface area contributed by atoms with E-state index in [1.54, 1.807) is 18.2 Å². The summed E-state index contributed by atoms with van der Waals surface area (Å²) in [4.78, 5) is 12.3. The van der Waals surface area contributed by atoms with E-state index in [0.717, 1.165) is 4.68 Å². The second-order valence-corrected chi connectivity index (χ2v) is 4.82. The maximum Gasteiger partial charge on any atom is 0.257 e. The zero-order valence-corrected chi connectivity index (χ0v) is 13.5. The van der Waals surface area contributed by atoms with E-state index >= 15 is 0 Å². The van der Waals surface area contributed by atoms with Crippen LogP contribution in [0.4, 0.5) is 14.5 Å². The number of ether oxygens (including phenoxy) is 2.